The fourth-order valence-corrected chi connectivity index (χ4v) is 4.45. The number of carboxylic acid groups (broad SMARTS) is 1. The predicted molar refractivity (Wildman–Crippen MR) is 91.1 cm³/mol. The van der Waals surface area contributed by atoms with Gasteiger partial charge in [0.15, 0.2) is 0 Å². The summed E-state index contributed by atoms with van der Waals surface area (Å²) in [7, 11) is -3.90. The van der Waals surface area contributed by atoms with Crippen LogP contribution in [0.25, 0.3) is 0 Å². The van der Waals surface area contributed by atoms with Crippen LogP contribution in [0.15, 0.2) is 35.5 Å². The molecule has 10 heteroatoms. The van der Waals surface area contributed by atoms with Gasteiger partial charge in [-0.15, -0.1) is 0 Å². The van der Waals surface area contributed by atoms with Gasteiger partial charge in [-0.05, 0) is 31.0 Å². The molecule has 1 fully saturated rings. The van der Waals surface area contributed by atoms with Crippen LogP contribution in [-0.2, 0) is 10.0 Å². The zero-order valence-electron chi connectivity index (χ0n) is 13.5. The van der Waals surface area contributed by atoms with E-state index in [2.05, 4.69) is 9.97 Å². The average molecular weight is 400 g/mol. The first-order valence-corrected chi connectivity index (χ1v) is 9.61. The zero-order chi connectivity index (χ0) is 18.9. The van der Waals surface area contributed by atoms with Crippen LogP contribution >= 0.6 is 11.6 Å². The molecule has 0 spiro atoms. The second-order valence-corrected chi connectivity index (χ2v) is 8.26. The van der Waals surface area contributed by atoms with Gasteiger partial charge in [0.25, 0.3) is 0 Å². The van der Waals surface area contributed by atoms with Crippen molar-refractivity contribution in [2.24, 2.45) is 0 Å². The van der Waals surface area contributed by atoms with Gasteiger partial charge in [-0.3, -0.25) is 0 Å². The van der Waals surface area contributed by atoms with Crippen molar-refractivity contribution in [3.05, 3.63) is 52.8 Å². The summed E-state index contributed by atoms with van der Waals surface area (Å²) in [6, 6.07) is 2.81. The molecule has 0 amide bonds. The number of carbonyl (C=O) groups is 1. The van der Waals surface area contributed by atoms with Crippen molar-refractivity contribution >= 4 is 27.6 Å². The number of aromatic carboxylic acids is 1. The third-order valence-corrected chi connectivity index (χ3v) is 6.36. The maximum Gasteiger partial charge on any atom is 0.338 e. The average Bonchev–Trinajstić information content (AvgIpc) is 2.62. The molecule has 3 rings (SSSR count). The molecular weight excluding hydrogens is 385 g/mol. The number of hydrogen-bond donors (Lipinski definition) is 1. The number of halogens is 2. The number of nitrogens with zero attached hydrogens (tertiary/aromatic N) is 3. The highest BCUT2D eigenvalue weighted by Crippen LogP contribution is 2.29. The number of piperidine rings is 1. The van der Waals surface area contributed by atoms with Crippen molar-refractivity contribution < 1.29 is 22.7 Å². The van der Waals surface area contributed by atoms with Gasteiger partial charge in [0.1, 0.15) is 11.6 Å². The molecule has 2 aromatic rings. The minimum atomic E-state index is -3.90. The first-order valence-electron chi connectivity index (χ1n) is 7.79. The van der Waals surface area contributed by atoms with Crippen LogP contribution in [0.4, 0.5) is 4.39 Å². The molecule has 0 aliphatic carbocycles. The van der Waals surface area contributed by atoms with Crippen LogP contribution in [0.5, 0.6) is 0 Å². The number of benzene rings is 1. The maximum absolute atomic E-state index is 13.8. The van der Waals surface area contributed by atoms with Crippen molar-refractivity contribution in [2.45, 2.75) is 23.7 Å². The number of aromatic nitrogens is 2. The number of sulfonamides is 1. The van der Waals surface area contributed by atoms with Crippen molar-refractivity contribution in [1.82, 2.24) is 14.3 Å². The van der Waals surface area contributed by atoms with E-state index in [9.17, 15) is 17.6 Å². The van der Waals surface area contributed by atoms with Gasteiger partial charge in [0.2, 0.25) is 10.0 Å². The molecule has 2 heterocycles. The molecule has 1 saturated heterocycles. The molecule has 0 bridgehead atoms. The molecule has 1 N–H and O–H groups in total. The third kappa shape index (κ3) is 3.69. The van der Waals surface area contributed by atoms with E-state index in [1.54, 1.807) is 0 Å². The molecule has 1 aliphatic heterocycles. The largest absolute Gasteiger partial charge is 0.478 e. The van der Waals surface area contributed by atoms with Gasteiger partial charge >= 0.3 is 5.97 Å². The summed E-state index contributed by atoms with van der Waals surface area (Å²) >= 11 is 5.76. The number of hydrogen-bond acceptors (Lipinski definition) is 5. The lowest BCUT2D eigenvalue weighted by Gasteiger charge is -2.30. The van der Waals surface area contributed by atoms with Crippen LogP contribution < -0.4 is 0 Å². The SMILES string of the molecule is O=C(O)c1ccc(S(=O)(=O)N2CCC(c3ncc(Cl)cn3)CC2)cc1F. The van der Waals surface area contributed by atoms with Crippen molar-refractivity contribution in [3.8, 4) is 0 Å². The minimum absolute atomic E-state index is 0.0184. The Kier molecular flexibility index (Phi) is 5.22. The predicted octanol–water partition coefficient (Wildman–Crippen LogP) is 2.54. The van der Waals surface area contributed by atoms with Crippen molar-refractivity contribution in [2.75, 3.05) is 13.1 Å². The summed E-state index contributed by atoms with van der Waals surface area (Å²) in [4.78, 5) is 18.9. The Hall–Kier alpha value is -2.10. The first kappa shape index (κ1) is 18.7. The molecule has 138 valence electrons. The minimum Gasteiger partial charge on any atom is -0.478 e. The molecule has 0 saturated carbocycles. The van der Waals surface area contributed by atoms with E-state index >= 15 is 0 Å². The molecule has 0 unspecified atom stereocenters. The molecular formula is C16H15ClFN3O4S. The van der Waals surface area contributed by atoms with Crippen molar-refractivity contribution in [1.29, 1.82) is 0 Å². The Morgan fingerprint density at radius 3 is 2.38 bits per heavy atom. The second-order valence-electron chi connectivity index (χ2n) is 5.88. The first-order chi connectivity index (χ1) is 12.3. The van der Waals surface area contributed by atoms with Gasteiger partial charge < -0.3 is 5.11 Å². The lowest BCUT2D eigenvalue weighted by Crippen LogP contribution is -2.38. The highest BCUT2D eigenvalue weighted by molar-refractivity contribution is 7.89. The molecule has 1 aliphatic rings. The lowest BCUT2D eigenvalue weighted by molar-refractivity contribution is 0.0691. The van der Waals surface area contributed by atoms with E-state index in [4.69, 9.17) is 16.7 Å². The lowest BCUT2D eigenvalue weighted by atomic mass is 9.97. The molecule has 7 nitrogen and oxygen atoms in total. The highest BCUT2D eigenvalue weighted by Gasteiger charge is 2.31. The maximum atomic E-state index is 13.8. The van der Waals surface area contributed by atoms with Gasteiger partial charge in [0, 0.05) is 31.4 Å². The Morgan fingerprint density at radius 2 is 1.85 bits per heavy atom. The second kappa shape index (κ2) is 7.26. The summed E-state index contributed by atoms with van der Waals surface area (Å²) < 4.78 is 40.4. The van der Waals surface area contributed by atoms with E-state index in [0.29, 0.717) is 23.7 Å². The molecule has 26 heavy (non-hydrogen) atoms. The fraction of sp³-hybridized carbons (Fsp3) is 0.312. The highest BCUT2D eigenvalue weighted by atomic mass is 35.5. The van der Waals surface area contributed by atoms with E-state index in [1.165, 1.54) is 16.7 Å². The molecule has 0 atom stereocenters. The summed E-state index contributed by atoms with van der Waals surface area (Å²) in [5.41, 5.74) is -0.567. The number of carboxylic acids is 1. The summed E-state index contributed by atoms with van der Waals surface area (Å²) in [5.74, 6) is -1.90. The van der Waals surface area contributed by atoms with Crippen LogP contribution in [0.2, 0.25) is 5.02 Å². The van der Waals surface area contributed by atoms with Crippen LogP contribution in [0, 0.1) is 5.82 Å². The smallest absolute Gasteiger partial charge is 0.338 e. The Balaban J connectivity index is 1.74. The Bertz CT molecular complexity index is 929. The Morgan fingerprint density at radius 1 is 1.23 bits per heavy atom. The molecule has 1 aromatic carbocycles. The summed E-state index contributed by atoms with van der Waals surface area (Å²) in [6.07, 6.45) is 4.05. The zero-order valence-corrected chi connectivity index (χ0v) is 15.0. The third-order valence-electron chi connectivity index (χ3n) is 4.27. The monoisotopic (exact) mass is 399 g/mol. The van der Waals surface area contributed by atoms with Gasteiger partial charge in [0.05, 0.1) is 15.5 Å². The van der Waals surface area contributed by atoms with E-state index in [0.717, 1.165) is 18.2 Å². The number of rotatable bonds is 4. The van der Waals surface area contributed by atoms with Gasteiger partial charge in [-0.25, -0.2) is 27.6 Å². The van der Waals surface area contributed by atoms with Crippen LogP contribution in [0.3, 0.4) is 0 Å². The van der Waals surface area contributed by atoms with E-state index in [1.807, 2.05) is 0 Å². The van der Waals surface area contributed by atoms with Gasteiger partial charge in [-0.1, -0.05) is 11.6 Å². The summed E-state index contributed by atoms with van der Waals surface area (Å²) in [5, 5.41) is 9.27. The Labute approximate surface area is 154 Å². The van der Waals surface area contributed by atoms with Gasteiger partial charge in [-0.2, -0.15) is 4.31 Å². The van der Waals surface area contributed by atoms with E-state index in [-0.39, 0.29) is 23.9 Å². The molecule has 1 aromatic heterocycles. The van der Waals surface area contributed by atoms with E-state index < -0.39 is 27.4 Å². The fourth-order valence-electron chi connectivity index (χ4n) is 2.87. The quantitative estimate of drug-likeness (QED) is 0.847. The topological polar surface area (TPSA) is 100 Å². The van der Waals surface area contributed by atoms with Crippen molar-refractivity contribution in [3.63, 3.8) is 0 Å². The molecule has 0 radical (unpaired) electrons. The normalized spacial score (nSPS) is 16.5. The van der Waals surface area contributed by atoms with Crippen LogP contribution in [-0.4, -0.2) is 46.9 Å². The van der Waals surface area contributed by atoms with Crippen LogP contribution in [0.1, 0.15) is 34.9 Å². The standard InChI is InChI=1S/C16H15ClFN3O4S/c17-11-8-19-15(20-9-11)10-3-5-21(6-4-10)26(24,25)12-1-2-13(16(22)23)14(18)7-12/h1-2,7-10H,3-6H2,(H,22,23). The summed E-state index contributed by atoms with van der Waals surface area (Å²) in [6.45, 7) is 0.475.